The van der Waals surface area contributed by atoms with Gasteiger partial charge in [0.05, 0.1) is 10.0 Å². The zero-order chi connectivity index (χ0) is 20.4. The topological polar surface area (TPSA) is 23.6 Å². The summed E-state index contributed by atoms with van der Waals surface area (Å²) >= 11 is 11.9. The van der Waals surface area contributed by atoms with Gasteiger partial charge in [-0.2, -0.15) is 0 Å². The lowest BCUT2D eigenvalue weighted by Gasteiger charge is -2.53. The van der Waals surface area contributed by atoms with Gasteiger partial charge in [-0.25, -0.2) is 4.39 Å². The van der Waals surface area contributed by atoms with Gasteiger partial charge in [0.1, 0.15) is 5.82 Å². The molecule has 0 unspecified atom stereocenters. The van der Waals surface area contributed by atoms with E-state index >= 15 is 0 Å². The molecule has 0 atom stereocenters. The minimum atomic E-state index is -0.196. The van der Waals surface area contributed by atoms with E-state index in [4.69, 9.17) is 23.2 Å². The quantitative estimate of drug-likeness (QED) is 0.614. The predicted octanol–water partition coefficient (Wildman–Crippen LogP) is 5.27. The summed E-state index contributed by atoms with van der Waals surface area (Å²) in [5.74, 6) is -0.158. The molecule has 29 heavy (non-hydrogen) atoms. The molecule has 4 rings (SSSR count). The Labute approximate surface area is 180 Å². The van der Waals surface area contributed by atoms with Crippen molar-refractivity contribution in [2.45, 2.75) is 19.4 Å². The fourth-order valence-corrected chi connectivity index (χ4v) is 4.46. The van der Waals surface area contributed by atoms with E-state index in [0.29, 0.717) is 10.0 Å². The molecule has 2 aliphatic heterocycles. The standard InChI is InChI=1S/C23H23Cl2FN2O/c24-20-7-3-17(13-21(20)25)4-8-22(29)28-15-23(16-28)9-11-27(12-10-23)14-18-1-5-19(26)6-2-18/h1-8,13H,9-12,14-16H2. The number of carbonyl (C=O) groups excluding carboxylic acids is 1. The maximum Gasteiger partial charge on any atom is 0.246 e. The summed E-state index contributed by atoms with van der Waals surface area (Å²) in [6, 6.07) is 12.1. The Balaban J connectivity index is 1.25. The van der Waals surface area contributed by atoms with Crippen LogP contribution in [0.2, 0.25) is 10.0 Å². The van der Waals surface area contributed by atoms with Crippen LogP contribution in [-0.2, 0) is 11.3 Å². The highest BCUT2D eigenvalue weighted by Crippen LogP contribution is 2.40. The molecule has 0 N–H and O–H groups in total. The van der Waals surface area contributed by atoms with Gasteiger partial charge in [0, 0.05) is 31.1 Å². The fourth-order valence-electron chi connectivity index (χ4n) is 4.16. The van der Waals surface area contributed by atoms with Crippen molar-refractivity contribution < 1.29 is 9.18 Å². The Kier molecular flexibility index (Phi) is 5.95. The summed E-state index contributed by atoms with van der Waals surface area (Å²) in [5, 5.41) is 0.988. The SMILES string of the molecule is O=C(C=Cc1ccc(Cl)c(Cl)c1)N1CC2(CCN(Cc3ccc(F)cc3)CC2)C1. The number of piperidine rings is 1. The minimum absolute atomic E-state index is 0.0374. The predicted molar refractivity (Wildman–Crippen MR) is 115 cm³/mol. The third kappa shape index (κ3) is 4.82. The van der Waals surface area contributed by atoms with Gasteiger partial charge in [0.2, 0.25) is 5.91 Å². The third-order valence-corrected chi connectivity index (χ3v) is 6.70. The number of amides is 1. The number of carbonyl (C=O) groups is 1. The second-order valence-electron chi connectivity index (χ2n) is 8.10. The second-order valence-corrected chi connectivity index (χ2v) is 8.92. The zero-order valence-electron chi connectivity index (χ0n) is 16.1. The van der Waals surface area contributed by atoms with E-state index in [-0.39, 0.29) is 17.1 Å². The van der Waals surface area contributed by atoms with Crippen LogP contribution in [0, 0.1) is 11.2 Å². The van der Waals surface area contributed by atoms with Crippen LogP contribution in [0.15, 0.2) is 48.5 Å². The van der Waals surface area contributed by atoms with Crippen LogP contribution in [0.25, 0.3) is 6.08 Å². The first-order valence-electron chi connectivity index (χ1n) is 9.81. The molecule has 3 nitrogen and oxygen atoms in total. The molecule has 2 fully saturated rings. The van der Waals surface area contributed by atoms with Gasteiger partial charge in [0.25, 0.3) is 0 Å². The number of halogens is 3. The summed E-state index contributed by atoms with van der Waals surface area (Å²) in [7, 11) is 0. The van der Waals surface area contributed by atoms with Crippen molar-refractivity contribution >= 4 is 35.2 Å². The number of nitrogens with zero attached hydrogens (tertiary/aromatic N) is 2. The van der Waals surface area contributed by atoms with E-state index < -0.39 is 0 Å². The molecular weight excluding hydrogens is 410 g/mol. The Hall–Kier alpha value is -1.88. The Morgan fingerprint density at radius 1 is 1.03 bits per heavy atom. The summed E-state index contributed by atoms with van der Waals surface area (Å²) in [6.45, 7) is 4.52. The highest BCUT2D eigenvalue weighted by molar-refractivity contribution is 6.42. The van der Waals surface area contributed by atoms with Gasteiger partial charge in [0.15, 0.2) is 0 Å². The molecule has 2 aromatic carbocycles. The molecular formula is C23H23Cl2FN2O. The van der Waals surface area contributed by atoms with E-state index in [0.717, 1.165) is 56.7 Å². The summed E-state index contributed by atoms with van der Waals surface area (Å²) in [6.07, 6.45) is 5.57. The average Bonchev–Trinajstić information content (AvgIpc) is 2.69. The molecule has 2 aliphatic rings. The lowest BCUT2D eigenvalue weighted by atomic mass is 9.72. The van der Waals surface area contributed by atoms with Crippen molar-refractivity contribution in [3.05, 3.63) is 75.5 Å². The van der Waals surface area contributed by atoms with Crippen LogP contribution in [0.3, 0.4) is 0 Å². The molecule has 2 saturated heterocycles. The number of rotatable bonds is 4. The van der Waals surface area contributed by atoms with Gasteiger partial charge in [-0.1, -0.05) is 41.4 Å². The number of likely N-dealkylation sites (tertiary alicyclic amines) is 2. The van der Waals surface area contributed by atoms with Gasteiger partial charge >= 0.3 is 0 Å². The lowest BCUT2D eigenvalue weighted by Crippen LogP contribution is -2.61. The van der Waals surface area contributed by atoms with Crippen molar-refractivity contribution in [3.8, 4) is 0 Å². The Morgan fingerprint density at radius 2 is 1.72 bits per heavy atom. The molecule has 1 spiro atoms. The lowest BCUT2D eigenvalue weighted by molar-refractivity contribution is -0.141. The highest BCUT2D eigenvalue weighted by atomic mass is 35.5. The van der Waals surface area contributed by atoms with E-state index in [2.05, 4.69) is 4.90 Å². The molecule has 2 aromatic rings. The van der Waals surface area contributed by atoms with Crippen molar-refractivity contribution in [3.63, 3.8) is 0 Å². The Morgan fingerprint density at radius 3 is 2.38 bits per heavy atom. The largest absolute Gasteiger partial charge is 0.338 e. The van der Waals surface area contributed by atoms with Crippen molar-refractivity contribution in [2.75, 3.05) is 26.2 Å². The first-order chi connectivity index (χ1) is 13.9. The Bertz CT molecular complexity index is 913. The number of benzene rings is 2. The molecule has 0 aliphatic carbocycles. The highest BCUT2D eigenvalue weighted by Gasteiger charge is 2.46. The van der Waals surface area contributed by atoms with Crippen LogP contribution in [0.1, 0.15) is 24.0 Å². The van der Waals surface area contributed by atoms with E-state index in [1.165, 1.54) is 12.1 Å². The van der Waals surface area contributed by atoms with Crippen molar-refractivity contribution in [2.24, 2.45) is 5.41 Å². The summed E-state index contributed by atoms with van der Waals surface area (Å²) in [4.78, 5) is 16.8. The zero-order valence-corrected chi connectivity index (χ0v) is 17.6. The van der Waals surface area contributed by atoms with E-state index in [1.807, 2.05) is 23.1 Å². The van der Waals surface area contributed by atoms with Crippen LogP contribution in [-0.4, -0.2) is 41.9 Å². The summed E-state index contributed by atoms with van der Waals surface area (Å²) < 4.78 is 13.0. The van der Waals surface area contributed by atoms with E-state index in [1.54, 1.807) is 24.3 Å². The molecule has 1 amide bonds. The van der Waals surface area contributed by atoms with Gasteiger partial charge in [-0.05, 0) is 67.4 Å². The monoisotopic (exact) mass is 432 g/mol. The molecule has 2 heterocycles. The molecule has 6 heteroatoms. The van der Waals surface area contributed by atoms with Gasteiger partial charge in [-0.15, -0.1) is 0 Å². The van der Waals surface area contributed by atoms with Crippen LogP contribution >= 0.6 is 23.2 Å². The first kappa shape index (κ1) is 20.4. The third-order valence-electron chi connectivity index (χ3n) is 5.96. The maximum absolute atomic E-state index is 13.0. The minimum Gasteiger partial charge on any atom is -0.338 e. The van der Waals surface area contributed by atoms with Gasteiger partial charge < -0.3 is 4.90 Å². The van der Waals surface area contributed by atoms with Crippen molar-refractivity contribution in [1.82, 2.24) is 9.80 Å². The molecule has 0 aromatic heterocycles. The smallest absolute Gasteiger partial charge is 0.246 e. The normalized spacial score (nSPS) is 18.9. The molecule has 152 valence electrons. The number of hydrogen-bond donors (Lipinski definition) is 0. The van der Waals surface area contributed by atoms with Crippen LogP contribution in [0.4, 0.5) is 4.39 Å². The number of hydrogen-bond acceptors (Lipinski definition) is 2. The molecule has 0 radical (unpaired) electrons. The average molecular weight is 433 g/mol. The second kappa shape index (κ2) is 8.47. The van der Waals surface area contributed by atoms with Crippen LogP contribution < -0.4 is 0 Å². The fraction of sp³-hybridized carbons (Fsp3) is 0.348. The van der Waals surface area contributed by atoms with Crippen molar-refractivity contribution in [1.29, 1.82) is 0 Å². The summed E-state index contributed by atoms with van der Waals surface area (Å²) in [5.41, 5.74) is 2.25. The maximum atomic E-state index is 13.0. The van der Waals surface area contributed by atoms with E-state index in [9.17, 15) is 9.18 Å². The van der Waals surface area contributed by atoms with Gasteiger partial charge in [-0.3, -0.25) is 9.69 Å². The van der Waals surface area contributed by atoms with Crippen LogP contribution in [0.5, 0.6) is 0 Å². The first-order valence-corrected chi connectivity index (χ1v) is 10.6. The molecule has 0 saturated carbocycles. The molecule has 0 bridgehead atoms.